The molecule has 1 saturated heterocycles. The Labute approximate surface area is 313 Å². The maximum atomic E-state index is 14.4. The Hall–Kier alpha value is -4.98. The van der Waals surface area contributed by atoms with E-state index in [0.29, 0.717) is 24.0 Å². The monoisotopic (exact) mass is 771 g/mol. The van der Waals surface area contributed by atoms with Gasteiger partial charge in [0.05, 0.1) is 23.9 Å². The Balaban J connectivity index is 1.33. The van der Waals surface area contributed by atoms with Crippen molar-refractivity contribution in [3.8, 4) is 11.8 Å². The molecule has 15 nitrogen and oxygen atoms in total. The van der Waals surface area contributed by atoms with E-state index in [0.717, 1.165) is 4.90 Å². The average molecular weight is 772 g/mol. The molecule has 17 heteroatoms. The van der Waals surface area contributed by atoms with E-state index >= 15 is 0 Å². The quantitative estimate of drug-likeness (QED) is 0.152. The fourth-order valence-electron chi connectivity index (χ4n) is 6.74. The molecule has 292 valence electrons. The molecule has 0 spiro atoms. The van der Waals surface area contributed by atoms with Crippen molar-refractivity contribution in [2.75, 3.05) is 6.54 Å². The molecule has 5 amide bonds. The zero-order chi connectivity index (χ0) is 39.6. The minimum absolute atomic E-state index is 0.0323. The lowest BCUT2D eigenvalue weighted by Gasteiger charge is -2.30. The van der Waals surface area contributed by atoms with Crippen LogP contribution in [-0.4, -0.2) is 95.0 Å². The summed E-state index contributed by atoms with van der Waals surface area (Å²) in [6.45, 7) is 9.99. The predicted octanol–water partition coefficient (Wildman–Crippen LogP) is 2.57. The van der Waals surface area contributed by atoms with Crippen LogP contribution in [0.5, 0.6) is 0 Å². The van der Waals surface area contributed by atoms with Crippen molar-refractivity contribution in [2.24, 2.45) is 5.92 Å². The molecule has 1 unspecified atom stereocenters. The lowest BCUT2D eigenvalue weighted by molar-refractivity contribution is -0.140. The predicted molar refractivity (Wildman–Crippen MR) is 191 cm³/mol. The topological polar surface area (TPSA) is 198 Å². The summed E-state index contributed by atoms with van der Waals surface area (Å²) < 4.78 is 52.2. The fourth-order valence-corrected chi connectivity index (χ4v) is 8.07. The van der Waals surface area contributed by atoms with Crippen molar-refractivity contribution in [3.05, 3.63) is 47.8 Å². The molecule has 1 aromatic rings. The molecule has 54 heavy (non-hydrogen) atoms. The van der Waals surface area contributed by atoms with E-state index in [-0.39, 0.29) is 51.7 Å². The van der Waals surface area contributed by atoms with Gasteiger partial charge in [-0.15, -0.1) is 6.58 Å². The van der Waals surface area contributed by atoms with Crippen LogP contribution in [0.3, 0.4) is 0 Å². The number of ketones is 1. The highest BCUT2D eigenvalue weighted by Crippen LogP contribution is 2.47. The summed E-state index contributed by atoms with van der Waals surface area (Å²) in [5.74, 6) is 1.33. The Kier molecular flexibility index (Phi) is 11.8. The number of Topliss-reactive ketones (excluding diaryl/α,β-unsaturated/α-hetero) is 1. The molecule has 2 aliphatic carbocycles. The molecule has 4 aliphatic rings. The molecule has 5 atom stereocenters. The van der Waals surface area contributed by atoms with Crippen molar-refractivity contribution in [3.63, 3.8) is 0 Å². The Morgan fingerprint density at radius 2 is 1.87 bits per heavy atom. The van der Waals surface area contributed by atoms with Crippen LogP contribution in [-0.2, 0) is 51.8 Å². The van der Waals surface area contributed by atoms with E-state index in [1.807, 2.05) is 0 Å². The zero-order valence-electron chi connectivity index (χ0n) is 30.7. The number of hydrogen-bond donors (Lipinski definition) is 3. The minimum atomic E-state index is -3.77. The van der Waals surface area contributed by atoms with Gasteiger partial charge in [-0.25, -0.2) is 22.4 Å². The first-order chi connectivity index (χ1) is 25.3. The van der Waals surface area contributed by atoms with E-state index in [4.69, 9.17) is 9.47 Å². The number of halogens is 1. The standard InChI is InChI=1S/C37H46FN5O10S/c1-6-9-24(44)12-15-29(39-34(48)53-36(3,4)5)33(47)43-20-25(52-35(49)42-19-22-10-8-11-28(38)27(22)21-42)17-30(43)32(46)40-37(7-2)18-23(37)16-31(45)41-54(50,51)26-13-14-26/h7-8,10-11,23,25-26,29-30H,2,12-21H2,1,3-5H3,(H,39,48)(H,40,46)(H,41,45)/t23-,25+,29-,30?,37-/m0/s1. The van der Waals surface area contributed by atoms with Crippen LogP contribution in [0.1, 0.15) is 83.8 Å². The van der Waals surface area contributed by atoms with E-state index in [1.165, 1.54) is 24.0 Å². The van der Waals surface area contributed by atoms with Gasteiger partial charge in [0.15, 0.2) is 0 Å². The molecule has 0 radical (unpaired) electrons. The lowest BCUT2D eigenvalue weighted by atomic mass is 10.1. The Morgan fingerprint density at radius 1 is 1.15 bits per heavy atom. The third kappa shape index (κ3) is 9.76. The smallest absolute Gasteiger partial charge is 0.410 e. The van der Waals surface area contributed by atoms with Crippen LogP contribution in [0.15, 0.2) is 30.9 Å². The van der Waals surface area contributed by atoms with Crippen LogP contribution in [0.4, 0.5) is 14.0 Å². The zero-order valence-corrected chi connectivity index (χ0v) is 31.6. The van der Waals surface area contributed by atoms with Crippen LogP contribution < -0.4 is 15.4 Å². The van der Waals surface area contributed by atoms with Crippen molar-refractivity contribution < 1.29 is 51.0 Å². The van der Waals surface area contributed by atoms with E-state index in [2.05, 4.69) is 33.8 Å². The molecule has 5 rings (SSSR count). The second kappa shape index (κ2) is 15.8. The minimum Gasteiger partial charge on any atom is -0.444 e. The number of rotatable bonds is 13. The molecule has 3 fully saturated rings. The van der Waals surface area contributed by atoms with Gasteiger partial charge in [-0.3, -0.25) is 28.8 Å². The molecule has 3 N–H and O–H groups in total. The van der Waals surface area contributed by atoms with E-state index < -0.39 is 92.0 Å². The number of nitrogens with one attached hydrogen (secondary N) is 3. The van der Waals surface area contributed by atoms with Crippen molar-refractivity contribution in [1.29, 1.82) is 0 Å². The summed E-state index contributed by atoms with van der Waals surface area (Å²) >= 11 is 0. The van der Waals surface area contributed by atoms with Gasteiger partial charge in [0.1, 0.15) is 29.6 Å². The first kappa shape index (κ1) is 40.2. The van der Waals surface area contributed by atoms with Crippen LogP contribution in [0.2, 0.25) is 0 Å². The first-order valence-corrected chi connectivity index (χ1v) is 19.4. The highest BCUT2D eigenvalue weighted by Gasteiger charge is 2.56. The molecule has 0 aromatic heterocycles. The largest absolute Gasteiger partial charge is 0.444 e. The van der Waals surface area contributed by atoms with Gasteiger partial charge in [-0.1, -0.05) is 24.1 Å². The number of carbonyl (C=O) groups excluding carboxylic acids is 6. The number of benzene rings is 1. The maximum Gasteiger partial charge on any atom is 0.410 e. The highest BCUT2D eigenvalue weighted by molar-refractivity contribution is 7.90. The van der Waals surface area contributed by atoms with Gasteiger partial charge in [-0.2, -0.15) is 0 Å². The number of ether oxygens (including phenoxy) is 2. The fraction of sp³-hybridized carbons (Fsp3) is 0.568. The Bertz CT molecular complexity index is 1900. The maximum absolute atomic E-state index is 14.4. The summed E-state index contributed by atoms with van der Waals surface area (Å²) in [6.07, 6.45) is -0.800. The molecular weight excluding hydrogens is 725 g/mol. The third-order valence-corrected chi connectivity index (χ3v) is 11.6. The summed E-state index contributed by atoms with van der Waals surface area (Å²) in [7, 11) is -3.77. The van der Waals surface area contributed by atoms with Gasteiger partial charge in [0, 0.05) is 31.4 Å². The van der Waals surface area contributed by atoms with Crippen LogP contribution in [0, 0.1) is 23.6 Å². The number of fused-ring (bicyclic) bond motifs is 1. The average Bonchev–Trinajstić information content (AvgIpc) is 3.95. The Morgan fingerprint density at radius 3 is 2.50 bits per heavy atom. The number of nitrogens with zero attached hydrogens (tertiary/aromatic N) is 2. The summed E-state index contributed by atoms with van der Waals surface area (Å²) in [6, 6.07) is 1.94. The normalized spacial score (nSPS) is 23.5. The van der Waals surface area contributed by atoms with Crippen molar-refractivity contribution in [2.45, 2.75) is 120 Å². The number of carbonyl (C=O) groups is 6. The molecule has 1 aromatic carbocycles. The summed E-state index contributed by atoms with van der Waals surface area (Å²) in [5.41, 5.74) is -1.03. The number of alkyl carbamates (subject to hydrolysis) is 1. The first-order valence-electron chi connectivity index (χ1n) is 17.8. The third-order valence-electron chi connectivity index (χ3n) is 9.74. The van der Waals surface area contributed by atoms with Crippen LogP contribution in [0.25, 0.3) is 0 Å². The molecule has 2 heterocycles. The van der Waals surface area contributed by atoms with Crippen molar-refractivity contribution >= 4 is 45.7 Å². The van der Waals surface area contributed by atoms with Gasteiger partial charge >= 0.3 is 12.2 Å². The molecule has 2 aliphatic heterocycles. The second-order valence-electron chi connectivity index (χ2n) is 15.1. The number of sulfonamides is 1. The van der Waals surface area contributed by atoms with Crippen LogP contribution >= 0.6 is 0 Å². The molecule has 2 saturated carbocycles. The SMILES string of the molecule is C=C[C@]1(NC(=O)C2C[C@@H](OC(=O)N3Cc4cccc(F)c4C3)CN2C(=O)[C@H](CCC(=O)C#CC)NC(=O)OC(C)(C)C)C[C@@H]1CC(=O)NS(=O)(=O)C1CC1. The second-order valence-corrected chi connectivity index (χ2v) is 17.1. The number of likely N-dealkylation sites (tertiary alicyclic amines) is 1. The van der Waals surface area contributed by atoms with E-state index in [1.54, 1.807) is 32.9 Å². The summed E-state index contributed by atoms with van der Waals surface area (Å²) in [5, 5.41) is 4.78. The van der Waals surface area contributed by atoms with Crippen molar-refractivity contribution in [1.82, 2.24) is 25.2 Å². The highest BCUT2D eigenvalue weighted by atomic mass is 32.2. The number of amides is 5. The number of hydrogen-bond acceptors (Lipinski definition) is 10. The van der Waals surface area contributed by atoms with Gasteiger partial charge < -0.3 is 25.0 Å². The van der Waals surface area contributed by atoms with Gasteiger partial charge in [0.25, 0.3) is 0 Å². The van der Waals surface area contributed by atoms with Gasteiger partial charge in [-0.05, 0) is 76.8 Å². The lowest BCUT2D eigenvalue weighted by Crippen LogP contribution is -2.55. The summed E-state index contributed by atoms with van der Waals surface area (Å²) in [4.78, 5) is 81.9. The van der Waals surface area contributed by atoms with Gasteiger partial charge in [0.2, 0.25) is 33.5 Å². The molecule has 0 bridgehead atoms. The molecular formula is C37H46FN5O10S. The van der Waals surface area contributed by atoms with E-state index in [9.17, 15) is 41.6 Å².